The Morgan fingerprint density at radius 3 is 2.59 bits per heavy atom. The normalized spacial score (nSPS) is 10.7. The van der Waals surface area contributed by atoms with E-state index < -0.39 is 18.5 Å². The molecule has 0 fully saturated rings. The summed E-state index contributed by atoms with van der Waals surface area (Å²) in [6.45, 7) is 3.70. The minimum Gasteiger partial charge on any atom is -0.493 e. The van der Waals surface area contributed by atoms with E-state index in [1.54, 1.807) is 43.3 Å². The lowest BCUT2D eigenvalue weighted by molar-refractivity contribution is -0.142. The van der Waals surface area contributed by atoms with Gasteiger partial charge in [-0.15, -0.1) is 0 Å². The number of benzene rings is 2. The predicted molar refractivity (Wildman–Crippen MR) is 114 cm³/mol. The van der Waals surface area contributed by atoms with Crippen molar-refractivity contribution in [3.05, 3.63) is 57.6 Å². The molecule has 8 heteroatoms. The molecule has 0 radical (unpaired) electrons. The topological polar surface area (TPSA) is 73.9 Å². The Balaban J connectivity index is 1.93. The van der Waals surface area contributed by atoms with Crippen molar-refractivity contribution in [2.45, 2.75) is 13.8 Å². The molecule has 0 aliphatic carbocycles. The zero-order valence-corrected chi connectivity index (χ0v) is 17.8. The summed E-state index contributed by atoms with van der Waals surface area (Å²) in [5, 5.41) is 3.18. The minimum absolute atomic E-state index is 0.284. The molecule has 2 rings (SSSR count). The van der Waals surface area contributed by atoms with Crippen LogP contribution in [0.25, 0.3) is 6.08 Å². The van der Waals surface area contributed by atoms with Gasteiger partial charge in [-0.1, -0.05) is 35.3 Å². The average molecular weight is 438 g/mol. The van der Waals surface area contributed by atoms with Crippen molar-refractivity contribution < 1.29 is 23.8 Å². The smallest absolute Gasteiger partial charge is 0.331 e. The van der Waals surface area contributed by atoms with E-state index in [0.717, 1.165) is 5.56 Å². The summed E-state index contributed by atoms with van der Waals surface area (Å²) >= 11 is 12.2. The molecule has 0 aliphatic heterocycles. The molecule has 0 aliphatic rings. The number of aryl methyl sites for hydroxylation is 1. The maximum Gasteiger partial charge on any atom is 0.331 e. The van der Waals surface area contributed by atoms with Crippen molar-refractivity contribution in [3.8, 4) is 11.5 Å². The molecule has 0 saturated heterocycles. The Bertz CT molecular complexity index is 928. The van der Waals surface area contributed by atoms with Gasteiger partial charge >= 0.3 is 5.97 Å². The Morgan fingerprint density at radius 2 is 1.90 bits per heavy atom. The highest BCUT2D eigenvalue weighted by Crippen LogP contribution is 2.32. The van der Waals surface area contributed by atoms with Crippen LogP contribution >= 0.6 is 23.2 Å². The maximum atomic E-state index is 12.0. The third kappa shape index (κ3) is 6.41. The van der Waals surface area contributed by atoms with Crippen LogP contribution in [0.4, 0.5) is 5.69 Å². The zero-order chi connectivity index (χ0) is 21.4. The molecule has 0 atom stereocenters. The molecule has 0 unspecified atom stereocenters. The van der Waals surface area contributed by atoms with E-state index in [1.807, 2.05) is 6.92 Å². The number of ether oxygens (including phenoxy) is 3. The van der Waals surface area contributed by atoms with E-state index in [1.165, 1.54) is 13.2 Å². The minimum atomic E-state index is -0.672. The molecule has 0 spiro atoms. The molecule has 0 bridgehead atoms. The van der Waals surface area contributed by atoms with Crippen LogP contribution in [0.2, 0.25) is 10.0 Å². The molecule has 1 amide bonds. The molecular formula is C21H21Cl2NO5. The van der Waals surface area contributed by atoms with Crippen molar-refractivity contribution in [2.24, 2.45) is 0 Å². The van der Waals surface area contributed by atoms with Crippen molar-refractivity contribution in [1.82, 2.24) is 0 Å². The first-order chi connectivity index (χ1) is 13.8. The van der Waals surface area contributed by atoms with Crippen molar-refractivity contribution in [1.29, 1.82) is 0 Å². The fraction of sp³-hybridized carbons (Fsp3) is 0.238. The standard InChI is InChI=1S/C21H21Cl2NO5/c1-4-28-16-9-6-14(11-17(16)27-3)7-10-19(26)29-12-18(25)24-21-15(22)8-5-13(2)20(21)23/h5-11H,4,12H2,1-3H3,(H,24,25)/b10-7+. The quantitative estimate of drug-likeness (QED) is 0.469. The number of nitrogens with one attached hydrogen (secondary N) is 1. The van der Waals surface area contributed by atoms with E-state index in [4.69, 9.17) is 37.4 Å². The SMILES string of the molecule is CCOc1ccc(/C=C/C(=O)OCC(=O)Nc2c(Cl)ccc(C)c2Cl)cc1OC. The summed E-state index contributed by atoms with van der Waals surface area (Å²) < 4.78 is 15.6. The van der Waals surface area contributed by atoms with Crippen LogP contribution in [0.1, 0.15) is 18.1 Å². The highest BCUT2D eigenvalue weighted by Gasteiger charge is 2.13. The van der Waals surface area contributed by atoms with Crippen LogP contribution < -0.4 is 14.8 Å². The number of hydrogen-bond donors (Lipinski definition) is 1. The lowest BCUT2D eigenvalue weighted by atomic mass is 10.2. The monoisotopic (exact) mass is 437 g/mol. The Kier molecular flexibility index (Phi) is 8.36. The highest BCUT2D eigenvalue weighted by molar-refractivity contribution is 6.40. The summed E-state index contributed by atoms with van der Waals surface area (Å²) in [6.07, 6.45) is 2.77. The van der Waals surface area contributed by atoms with E-state index in [0.29, 0.717) is 33.7 Å². The maximum absolute atomic E-state index is 12.0. The molecule has 2 aromatic rings. The summed E-state index contributed by atoms with van der Waals surface area (Å²) in [6, 6.07) is 8.60. The zero-order valence-electron chi connectivity index (χ0n) is 16.3. The number of carbonyl (C=O) groups is 2. The first-order valence-corrected chi connectivity index (χ1v) is 9.51. The molecule has 0 heterocycles. The van der Waals surface area contributed by atoms with Gasteiger partial charge in [0.15, 0.2) is 18.1 Å². The van der Waals surface area contributed by atoms with Crippen LogP contribution in [0.3, 0.4) is 0 Å². The van der Waals surface area contributed by atoms with E-state index in [9.17, 15) is 9.59 Å². The number of anilines is 1. The van der Waals surface area contributed by atoms with Gasteiger partial charge in [-0.3, -0.25) is 4.79 Å². The summed E-state index contributed by atoms with van der Waals surface area (Å²) in [5.74, 6) is -0.0631. The van der Waals surface area contributed by atoms with Crippen LogP contribution in [-0.2, 0) is 14.3 Å². The van der Waals surface area contributed by atoms with Gasteiger partial charge < -0.3 is 19.5 Å². The second kappa shape index (κ2) is 10.7. The van der Waals surface area contributed by atoms with E-state index in [2.05, 4.69) is 5.32 Å². The van der Waals surface area contributed by atoms with Gasteiger partial charge in [0, 0.05) is 6.08 Å². The molecule has 6 nitrogen and oxygen atoms in total. The predicted octanol–water partition coefficient (Wildman–Crippen LogP) is 4.90. The first kappa shape index (κ1) is 22.6. The van der Waals surface area contributed by atoms with E-state index in [-0.39, 0.29) is 5.69 Å². The van der Waals surface area contributed by atoms with Gasteiger partial charge in [-0.2, -0.15) is 0 Å². The van der Waals surface area contributed by atoms with Crippen molar-refractivity contribution >= 4 is 46.8 Å². The van der Waals surface area contributed by atoms with Gasteiger partial charge in [0.1, 0.15) is 0 Å². The summed E-state index contributed by atoms with van der Waals surface area (Å²) in [4.78, 5) is 23.9. The highest BCUT2D eigenvalue weighted by atomic mass is 35.5. The Morgan fingerprint density at radius 1 is 1.14 bits per heavy atom. The second-order valence-electron chi connectivity index (χ2n) is 5.89. The Labute approximate surface area is 179 Å². The first-order valence-electron chi connectivity index (χ1n) is 8.75. The molecule has 154 valence electrons. The van der Waals surface area contributed by atoms with Gasteiger partial charge in [0.2, 0.25) is 0 Å². The molecule has 0 aromatic heterocycles. The Hall–Kier alpha value is -2.70. The average Bonchev–Trinajstić information content (AvgIpc) is 2.71. The number of esters is 1. The number of methoxy groups -OCH3 is 1. The van der Waals surface area contributed by atoms with Crippen LogP contribution in [0, 0.1) is 6.92 Å². The fourth-order valence-electron chi connectivity index (χ4n) is 2.36. The van der Waals surface area contributed by atoms with Crippen molar-refractivity contribution in [3.63, 3.8) is 0 Å². The number of halogens is 2. The number of carbonyl (C=O) groups excluding carboxylic acids is 2. The number of rotatable bonds is 8. The van der Waals surface area contributed by atoms with Crippen LogP contribution in [-0.4, -0.2) is 32.2 Å². The second-order valence-corrected chi connectivity index (χ2v) is 6.67. The summed E-state index contributed by atoms with van der Waals surface area (Å²) in [5.41, 5.74) is 1.76. The largest absolute Gasteiger partial charge is 0.493 e. The van der Waals surface area contributed by atoms with Crippen LogP contribution in [0.15, 0.2) is 36.4 Å². The van der Waals surface area contributed by atoms with Gasteiger partial charge in [0.05, 0.1) is 29.4 Å². The number of hydrogen-bond acceptors (Lipinski definition) is 5. The lowest BCUT2D eigenvalue weighted by Crippen LogP contribution is -2.20. The third-order valence-electron chi connectivity index (χ3n) is 3.79. The molecule has 1 N–H and O–H groups in total. The van der Waals surface area contributed by atoms with Gasteiger partial charge in [-0.25, -0.2) is 4.79 Å². The lowest BCUT2D eigenvalue weighted by Gasteiger charge is -2.11. The summed E-state index contributed by atoms with van der Waals surface area (Å²) in [7, 11) is 1.53. The van der Waals surface area contributed by atoms with Gasteiger partial charge in [-0.05, 0) is 49.2 Å². The van der Waals surface area contributed by atoms with Crippen LogP contribution in [0.5, 0.6) is 11.5 Å². The fourth-order valence-corrected chi connectivity index (χ4v) is 2.82. The third-order valence-corrected chi connectivity index (χ3v) is 4.60. The van der Waals surface area contributed by atoms with E-state index >= 15 is 0 Å². The van der Waals surface area contributed by atoms with Crippen molar-refractivity contribution in [2.75, 3.05) is 25.6 Å². The number of amides is 1. The molecule has 29 heavy (non-hydrogen) atoms. The molecule has 0 saturated carbocycles. The molecule has 2 aromatic carbocycles. The van der Waals surface area contributed by atoms with Gasteiger partial charge in [0.25, 0.3) is 5.91 Å². The molecular weight excluding hydrogens is 417 g/mol.